The molecule has 18 heavy (non-hydrogen) atoms. The molecule has 1 aromatic rings. The number of urea groups is 1. The van der Waals surface area contributed by atoms with E-state index in [0.717, 1.165) is 31.9 Å². The lowest BCUT2D eigenvalue weighted by Gasteiger charge is -2.32. The minimum Gasteiger partial charge on any atom is -0.399 e. The van der Waals surface area contributed by atoms with Crippen LogP contribution in [0.2, 0.25) is 0 Å². The van der Waals surface area contributed by atoms with Crippen molar-refractivity contribution < 1.29 is 4.79 Å². The second kappa shape index (κ2) is 5.70. The zero-order valence-corrected chi connectivity index (χ0v) is 10.5. The van der Waals surface area contributed by atoms with Crippen LogP contribution in [0.4, 0.5) is 16.2 Å². The maximum Gasteiger partial charge on any atom is 0.333 e. The summed E-state index contributed by atoms with van der Waals surface area (Å²) in [6, 6.07) is 6.85. The van der Waals surface area contributed by atoms with E-state index < -0.39 is 0 Å². The van der Waals surface area contributed by atoms with Gasteiger partial charge >= 0.3 is 6.03 Å². The van der Waals surface area contributed by atoms with E-state index in [0.29, 0.717) is 5.69 Å². The molecule has 0 bridgehead atoms. The number of nitrogens with zero attached hydrogens (tertiary/aromatic N) is 2. The van der Waals surface area contributed by atoms with Crippen LogP contribution in [0.15, 0.2) is 24.3 Å². The normalized spacial score (nSPS) is 17.4. The molecular formula is C12H19N5O. The van der Waals surface area contributed by atoms with Gasteiger partial charge in [-0.1, -0.05) is 0 Å². The number of anilines is 2. The maximum atomic E-state index is 11.7. The van der Waals surface area contributed by atoms with E-state index in [9.17, 15) is 4.79 Å². The summed E-state index contributed by atoms with van der Waals surface area (Å²) in [6.45, 7) is 3.60. The molecule has 0 radical (unpaired) electrons. The Kier molecular flexibility index (Phi) is 4.01. The molecule has 98 valence electrons. The number of rotatable bonds is 2. The van der Waals surface area contributed by atoms with Crippen LogP contribution in [0.5, 0.6) is 0 Å². The predicted octanol–water partition coefficient (Wildman–Crippen LogP) is 0.553. The first-order valence-electron chi connectivity index (χ1n) is 6.00. The molecular weight excluding hydrogens is 230 g/mol. The maximum absolute atomic E-state index is 11.7. The van der Waals surface area contributed by atoms with Crippen LogP contribution in [-0.4, -0.2) is 49.2 Å². The van der Waals surface area contributed by atoms with Gasteiger partial charge < -0.3 is 16.0 Å². The lowest BCUT2D eigenvalue weighted by Crippen LogP contribution is -2.53. The molecule has 1 saturated heterocycles. The summed E-state index contributed by atoms with van der Waals surface area (Å²) in [5.74, 6) is 0. The van der Waals surface area contributed by atoms with Gasteiger partial charge in [0.1, 0.15) is 0 Å². The number of piperazine rings is 1. The standard InChI is InChI=1S/C12H19N5O/c1-16-6-8-17(9-7-16)15-12(18)14-11-4-2-10(13)3-5-11/h2-5H,6-9,13H2,1H3,(H2,14,15,18). The number of carbonyl (C=O) groups is 1. The van der Waals surface area contributed by atoms with Crippen molar-refractivity contribution in [3.63, 3.8) is 0 Å². The minimum atomic E-state index is -0.218. The molecule has 1 fully saturated rings. The Labute approximate surface area is 107 Å². The third-order valence-corrected chi connectivity index (χ3v) is 2.93. The van der Waals surface area contributed by atoms with E-state index in [1.807, 2.05) is 5.01 Å². The fourth-order valence-electron chi connectivity index (χ4n) is 1.79. The van der Waals surface area contributed by atoms with Crippen LogP contribution in [0.1, 0.15) is 0 Å². The fourth-order valence-corrected chi connectivity index (χ4v) is 1.79. The molecule has 6 heteroatoms. The molecule has 0 aliphatic carbocycles. The first-order chi connectivity index (χ1) is 8.63. The van der Waals surface area contributed by atoms with Crippen molar-refractivity contribution in [1.82, 2.24) is 15.3 Å². The topological polar surface area (TPSA) is 73.6 Å². The number of nitrogen functional groups attached to an aromatic ring is 1. The molecule has 1 aliphatic heterocycles. The number of hydrogen-bond acceptors (Lipinski definition) is 4. The highest BCUT2D eigenvalue weighted by molar-refractivity contribution is 5.89. The van der Waals surface area contributed by atoms with Gasteiger partial charge in [-0.15, -0.1) is 0 Å². The Morgan fingerprint density at radius 2 is 1.78 bits per heavy atom. The van der Waals surface area contributed by atoms with E-state index in [2.05, 4.69) is 22.7 Å². The molecule has 0 aromatic heterocycles. The van der Waals surface area contributed by atoms with Crippen molar-refractivity contribution in [2.24, 2.45) is 0 Å². The molecule has 2 amide bonds. The Hall–Kier alpha value is -1.79. The average molecular weight is 249 g/mol. The van der Waals surface area contributed by atoms with Gasteiger partial charge in [-0.25, -0.2) is 9.80 Å². The third-order valence-electron chi connectivity index (χ3n) is 2.93. The smallest absolute Gasteiger partial charge is 0.333 e. The summed E-state index contributed by atoms with van der Waals surface area (Å²) in [6.07, 6.45) is 0. The van der Waals surface area contributed by atoms with Gasteiger partial charge in [0.05, 0.1) is 0 Å². The predicted molar refractivity (Wildman–Crippen MR) is 72.1 cm³/mol. The highest BCUT2D eigenvalue weighted by Crippen LogP contribution is 2.10. The zero-order chi connectivity index (χ0) is 13.0. The summed E-state index contributed by atoms with van der Waals surface area (Å²) in [4.78, 5) is 14.0. The lowest BCUT2D eigenvalue weighted by atomic mass is 10.3. The number of carbonyl (C=O) groups excluding carboxylic acids is 1. The average Bonchev–Trinajstić information content (AvgIpc) is 2.35. The molecule has 1 aromatic carbocycles. The minimum absolute atomic E-state index is 0.218. The molecule has 2 rings (SSSR count). The second-order valence-corrected chi connectivity index (χ2v) is 4.48. The van der Waals surface area contributed by atoms with E-state index in [4.69, 9.17) is 5.73 Å². The number of amides is 2. The van der Waals surface area contributed by atoms with Gasteiger partial charge in [0.2, 0.25) is 0 Å². The zero-order valence-electron chi connectivity index (χ0n) is 10.5. The van der Waals surface area contributed by atoms with Gasteiger partial charge in [-0.2, -0.15) is 0 Å². The van der Waals surface area contributed by atoms with Crippen molar-refractivity contribution in [1.29, 1.82) is 0 Å². The summed E-state index contributed by atoms with van der Waals surface area (Å²) in [5, 5.41) is 4.69. The first kappa shape index (κ1) is 12.7. The quantitative estimate of drug-likeness (QED) is 0.669. The lowest BCUT2D eigenvalue weighted by molar-refractivity contribution is 0.116. The first-order valence-corrected chi connectivity index (χ1v) is 6.00. The largest absolute Gasteiger partial charge is 0.399 e. The fraction of sp³-hybridized carbons (Fsp3) is 0.417. The Balaban J connectivity index is 1.80. The summed E-state index contributed by atoms with van der Waals surface area (Å²) in [7, 11) is 2.08. The third kappa shape index (κ3) is 3.61. The van der Waals surface area contributed by atoms with Gasteiger partial charge in [-0.05, 0) is 31.3 Å². The highest BCUT2D eigenvalue weighted by atomic mass is 16.2. The van der Waals surface area contributed by atoms with Crippen LogP contribution in [0, 0.1) is 0 Å². The Bertz CT molecular complexity index is 397. The van der Waals surface area contributed by atoms with Gasteiger partial charge in [0, 0.05) is 37.6 Å². The van der Waals surface area contributed by atoms with E-state index >= 15 is 0 Å². The highest BCUT2D eigenvalue weighted by Gasteiger charge is 2.15. The van der Waals surface area contributed by atoms with Gasteiger partial charge in [0.15, 0.2) is 0 Å². The van der Waals surface area contributed by atoms with Crippen molar-refractivity contribution in [3.8, 4) is 0 Å². The number of hydrazine groups is 1. The van der Waals surface area contributed by atoms with E-state index in [1.54, 1.807) is 24.3 Å². The molecule has 0 atom stereocenters. The molecule has 0 unspecified atom stereocenters. The molecule has 6 nitrogen and oxygen atoms in total. The van der Waals surface area contributed by atoms with Crippen LogP contribution >= 0.6 is 0 Å². The number of nitrogens with two attached hydrogens (primary N) is 1. The van der Waals surface area contributed by atoms with Gasteiger partial charge in [-0.3, -0.25) is 5.43 Å². The monoisotopic (exact) mass is 249 g/mol. The summed E-state index contributed by atoms with van der Waals surface area (Å²) < 4.78 is 0. The number of benzene rings is 1. The van der Waals surface area contributed by atoms with Crippen molar-refractivity contribution in [2.45, 2.75) is 0 Å². The van der Waals surface area contributed by atoms with Gasteiger partial charge in [0.25, 0.3) is 0 Å². The van der Waals surface area contributed by atoms with Crippen LogP contribution in [-0.2, 0) is 0 Å². The van der Waals surface area contributed by atoms with E-state index in [-0.39, 0.29) is 6.03 Å². The van der Waals surface area contributed by atoms with Crippen LogP contribution in [0.25, 0.3) is 0 Å². The number of likely N-dealkylation sites (N-methyl/N-ethyl adjacent to an activating group) is 1. The van der Waals surface area contributed by atoms with Crippen LogP contribution < -0.4 is 16.5 Å². The Morgan fingerprint density at radius 3 is 2.39 bits per heavy atom. The Morgan fingerprint density at radius 1 is 1.17 bits per heavy atom. The number of nitrogens with one attached hydrogen (secondary N) is 2. The summed E-state index contributed by atoms with van der Waals surface area (Å²) >= 11 is 0. The molecule has 1 aliphatic rings. The molecule has 1 heterocycles. The molecule has 4 N–H and O–H groups in total. The molecule has 0 spiro atoms. The SMILES string of the molecule is CN1CCN(NC(=O)Nc2ccc(N)cc2)CC1. The molecule has 0 saturated carbocycles. The van der Waals surface area contributed by atoms with Crippen LogP contribution in [0.3, 0.4) is 0 Å². The summed E-state index contributed by atoms with van der Waals surface area (Å²) in [5.41, 5.74) is 9.82. The van der Waals surface area contributed by atoms with Crippen molar-refractivity contribution in [3.05, 3.63) is 24.3 Å². The van der Waals surface area contributed by atoms with Crippen molar-refractivity contribution >= 4 is 17.4 Å². The second-order valence-electron chi connectivity index (χ2n) is 4.48. The van der Waals surface area contributed by atoms with Crippen molar-refractivity contribution in [2.75, 3.05) is 44.3 Å². The number of hydrogen-bond donors (Lipinski definition) is 3. The van der Waals surface area contributed by atoms with E-state index in [1.165, 1.54) is 0 Å².